The van der Waals surface area contributed by atoms with Gasteiger partial charge < -0.3 is 19.5 Å². The summed E-state index contributed by atoms with van der Waals surface area (Å²) in [5, 5.41) is 14.8. The number of benzene rings is 2. The lowest BCUT2D eigenvalue weighted by Gasteiger charge is -2.37. The van der Waals surface area contributed by atoms with Crippen molar-refractivity contribution in [2.75, 3.05) is 58.4 Å². The van der Waals surface area contributed by atoms with Crippen molar-refractivity contribution in [1.82, 2.24) is 9.80 Å². The Balaban J connectivity index is 1.64. The first-order valence-corrected chi connectivity index (χ1v) is 11.8. The summed E-state index contributed by atoms with van der Waals surface area (Å²) in [4.78, 5) is 38.9. The summed E-state index contributed by atoms with van der Waals surface area (Å²) in [6.07, 6.45) is 0.337. The molecule has 0 aromatic heterocycles. The number of nitro groups is 1. The zero-order valence-corrected chi connectivity index (χ0v) is 20.6. The summed E-state index contributed by atoms with van der Waals surface area (Å²) in [5.74, 6) is -0.649. The SMILES string of the molecule is CCOC(C=O)N1CCN(Cc2cccc(Nc3ccc(C(=O)OCCOC)cc3[N+](=O)[O-])c2)CC1. The first kappa shape index (κ1) is 27.2. The Morgan fingerprint density at radius 2 is 1.94 bits per heavy atom. The highest BCUT2D eigenvalue weighted by Crippen LogP contribution is 2.29. The van der Waals surface area contributed by atoms with Crippen LogP contribution in [0.3, 0.4) is 0 Å². The number of nitrogens with one attached hydrogen (secondary N) is 1. The Morgan fingerprint density at radius 1 is 1.17 bits per heavy atom. The molecule has 0 aliphatic carbocycles. The van der Waals surface area contributed by atoms with E-state index in [-0.39, 0.29) is 30.2 Å². The van der Waals surface area contributed by atoms with Gasteiger partial charge in [-0.15, -0.1) is 0 Å². The Labute approximate surface area is 210 Å². The molecule has 0 spiro atoms. The number of ether oxygens (including phenoxy) is 3. The third kappa shape index (κ3) is 7.56. The zero-order chi connectivity index (χ0) is 25.9. The van der Waals surface area contributed by atoms with Crippen molar-refractivity contribution < 1.29 is 28.7 Å². The summed E-state index contributed by atoms with van der Waals surface area (Å²) in [6, 6.07) is 11.8. The largest absolute Gasteiger partial charge is 0.460 e. The lowest BCUT2D eigenvalue weighted by atomic mass is 10.1. The lowest BCUT2D eigenvalue weighted by molar-refractivity contribution is -0.383. The molecule has 0 amide bonds. The van der Waals surface area contributed by atoms with Gasteiger partial charge in [-0.25, -0.2) is 4.79 Å². The van der Waals surface area contributed by atoms with E-state index in [9.17, 15) is 19.7 Å². The van der Waals surface area contributed by atoms with Crippen LogP contribution in [0.1, 0.15) is 22.8 Å². The fourth-order valence-electron chi connectivity index (χ4n) is 3.95. The Kier molecular flexibility index (Phi) is 10.3. The maximum absolute atomic E-state index is 12.2. The fraction of sp³-hybridized carbons (Fsp3) is 0.440. The van der Waals surface area contributed by atoms with Gasteiger partial charge in [-0.2, -0.15) is 0 Å². The monoisotopic (exact) mass is 500 g/mol. The zero-order valence-electron chi connectivity index (χ0n) is 20.6. The van der Waals surface area contributed by atoms with Crippen LogP contribution in [0, 0.1) is 10.1 Å². The summed E-state index contributed by atoms with van der Waals surface area (Å²) >= 11 is 0. The van der Waals surface area contributed by atoms with Gasteiger partial charge in [-0.05, 0) is 36.8 Å². The number of aldehydes is 1. The third-order valence-electron chi connectivity index (χ3n) is 5.78. The number of rotatable bonds is 13. The minimum Gasteiger partial charge on any atom is -0.460 e. The molecule has 1 N–H and O–H groups in total. The second-order valence-corrected chi connectivity index (χ2v) is 8.24. The molecule has 0 radical (unpaired) electrons. The summed E-state index contributed by atoms with van der Waals surface area (Å²) < 4.78 is 15.4. The van der Waals surface area contributed by atoms with Crippen LogP contribution in [0.4, 0.5) is 17.1 Å². The van der Waals surface area contributed by atoms with Gasteiger partial charge in [-0.3, -0.25) is 24.7 Å². The molecule has 1 saturated heterocycles. The van der Waals surface area contributed by atoms with Gasteiger partial charge in [0.1, 0.15) is 12.3 Å². The van der Waals surface area contributed by atoms with E-state index in [0.29, 0.717) is 18.8 Å². The first-order chi connectivity index (χ1) is 17.4. The number of nitro benzene ring substituents is 1. The predicted molar refractivity (Wildman–Crippen MR) is 133 cm³/mol. The van der Waals surface area contributed by atoms with Crippen LogP contribution in [-0.2, 0) is 25.5 Å². The van der Waals surface area contributed by atoms with E-state index in [0.717, 1.165) is 38.0 Å². The second kappa shape index (κ2) is 13.6. The molecule has 1 unspecified atom stereocenters. The molecule has 2 aromatic carbocycles. The van der Waals surface area contributed by atoms with Crippen molar-refractivity contribution in [3.63, 3.8) is 0 Å². The first-order valence-electron chi connectivity index (χ1n) is 11.8. The molecule has 36 heavy (non-hydrogen) atoms. The predicted octanol–water partition coefficient (Wildman–Crippen LogP) is 2.82. The molecular formula is C25H32N4O7. The average molecular weight is 501 g/mol. The Morgan fingerprint density at radius 3 is 2.61 bits per heavy atom. The molecule has 0 bridgehead atoms. The molecule has 11 heteroatoms. The number of hydrogen-bond donors (Lipinski definition) is 1. The molecule has 1 aliphatic heterocycles. The molecule has 1 aliphatic rings. The third-order valence-corrected chi connectivity index (χ3v) is 5.78. The average Bonchev–Trinajstić information content (AvgIpc) is 2.88. The van der Waals surface area contributed by atoms with Crippen LogP contribution < -0.4 is 5.32 Å². The Hall–Kier alpha value is -3.38. The van der Waals surface area contributed by atoms with Crippen molar-refractivity contribution in [3.05, 3.63) is 63.7 Å². The summed E-state index contributed by atoms with van der Waals surface area (Å²) in [7, 11) is 1.49. The molecule has 1 heterocycles. The second-order valence-electron chi connectivity index (χ2n) is 8.24. The van der Waals surface area contributed by atoms with Gasteiger partial charge in [0.05, 0.1) is 17.1 Å². The molecule has 1 fully saturated rings. The van der Waals surface area contributed by atoms with Gasteiger partial charge in [0.15, 0.2) is 12.5 Å². The standard InChI is InChI=1S/C25H32N4O7/c1-3-35-24(18-30)28-11-9-27(10-12-28)17-19-5-4-6-21(15-19)26-22-8-7-20(16-23(22)29(32)33)25(31)36-14-13-34-2/h4-8,15-16,18,24,26H,3,9-14,17H2,1-2H3. The minimum absolute atomic E-state index is 0.0646. The quantitative estimate of drug-likeness (QED) is 0.144. The van der Waals surface area contributed by atoms with Crippen LogP contribution in [0.25, 0.3) is 0 Å². The van der Waals surface area contributed by atoms with Gasteiger partial charge in [0.2, 0.25) is 0 Å². The van der Waals surface area contributed by atoms with Crippen LogP contribution in [-0.4, -0.2) is 86.3 Å². The van der Waals surface area contributed by atoms with Crippen LogP contribution >= 0.6 is 0 Å². The molecule has 1 atom stereocenters. The number of piperazine rings is 1. The highest BCUT2D eigenvalue weighted by atomic mass is 16.6. The van der Waals surface area contributed by atoms with Crippen molar-refractivity contribution in [3.8, 4) is 0 Å². The van der Waals surface area contributed by atoms with E-state index < -0.39 is 17.1 Å². The molecule has 0 saturated carbocycles. The molecule has 11 nitrogen and oxygen atoms in total. The topological polar surface area (TPSA) is 123 Å². The number of nitrogens with zero attached hydrogens (tertiary/aromatic N) is 3. The van der Waals surface area contributed by atoms with Crippen molar-refractivity contribution in [2.24, 2.45) is 0 Å². The fourth-order valence-corrected chi connectivity index (χ4v) is 3.95. The van der Waals surface area contributed by atoms with Gasteiger partial charge in [0, 0.05) is 58.2 Å². The van der Waals surface area contributed by atoms with Crippen LogP contribution in [0.5, 0.6) is 0 Å². The number of methoxy groups -OCH3 is 1. The number of hydrogen-bond acceptors (Lipinski definition) is 10. The highest BCUT2D eigenvalue weighted by molar-refractivity contribution is 5.91. The van der Waals surface area contributed by atoms with Crippen LogP contribution in [0.15, 0.2) is 42.5 Å². The maximum Gasteiger partial charge on any atom is 0.338 e. The number of esters is 1. The van der Waals surface area contributed by atoms with Gasteiger partial charge >= 0.3 is 5.97 Å². The summed E-state index contributed by atoms with van der Waals surface area (Å²) in [6.45, 7) is 6.42. The molecule has 3 rings (SSSR count). The number of carbonyl (C=O) groups excluding carboxylic acids is 2. The van der Waals surface area contributed by atoms with E-state index in [4.69, 9.17) is 14.2 Å². The molecule has 2 aromatic rings. The number of carbonyl (C=O) groups is 2. The Bertz CT molecular complexity index is 1040. The number of anilines is 2. The van der Waals surface area contributed by atoms with Crippen molar-refractivity contribution in [2.45, 2.75) is 19.7 Å². The van der Waals surface area contributed by atoms with Gasteiger partial charge in [0.25, 0.3) is 5.69 Å². The smallest absolute Gasteiger partial charge is 0.338 e. The lowest BCUT2D eigenvalue weighted by Crippen LogP contribution is -2.51. The van der Waals surface area contributed by atoms with E-state index in [1.54, 1.807) is 0 Å². The normalized spacial score (nSPS) is 15.3. The van der Waals surface area contributed by atoms with Crippen molar-refractivity contribution >= 4 is 29.3 Å². The van der Waals surface area contributed by atoms with Crippen LogP contribution in [0.2, 0.25) is 0 Å². The highest BCUT2D eigenvalue weighted by Gasteiger charge is 2.24. The minimum atomic E-state index is -0.649. The van der Waals surface area contributed by atoms with E-state index in [2.05, 4.69) is 10.2 Å². The molecule has 194 valence electrons. The van der Waals surface area contributed by atoms with Crippen molar-refractivity contribution in [1.29, 1.82) is 0 Å². The van der Waals surface area contributed by atoms with Gasteiger partial charge in [-0.1, -0.05) is 12.1 Å². The maximum atomic E-state index is 12.2. The molecular weight excluding hydrogens is 468 g/mol. The summed E-state index contributed by atoms with van der Waals surface area (Å²) in [5.41, 5.74) is 1.89. The van der Waals surface area contributed by atoms with E-state index in [1.807, 2.05) is 36.1 Å². The van der Waals surface area contributed by atoms with E-state index >= 15 is 0 Å². The van der Waals surface area contributed by atoms with E-state index in [1.165, 1.54) is 25.3 Å².